The van der Waals surface area contributed by atoms with Gasteiger partial charge in [-0.25, -0.2) is 20.0 Å². The van der Waals surface area contributed by atoms with Crippen LogP contribution in [0.4, 0.5) is 0 Å². The number of amidine groups is 2. The van der Waals surface area contributed by atoms with Crippen LogP contribution in [0.5, 0.6) is 0 Å². The topological polar surface area (TPSA) is 157 Å². The van der Waals surface area contributed by atoms with Gasteiger partial charge in [-0.2, -0.15) is 10.5 Å². The van der Waals surface area contributed by atoms with Crippen LogP contribution in [0.25, 0.3) is 0 Å². The van der Waals surface area contributed by atoms with Gasteiger partial charge in [0.15, 0.2) is 11.7 Å². The van der Waals surface area contributed by atoms with Gasteiger partial charge in [-0.05, 0) is 26.2 Å². The van der Waals surface area contributed by atoms with Crippen LogP contribution >= 0.6 is 0 Å². The Morgan fingerprint density at radius 2 is 1.86 bits per heavy atom. The first kappa shape index (κ1) is 16.1. The van der Waals surface area contributed by atoms with Gasteiger partial charge in [0, 0.05) is 12.1 Å². The van der Waals surface area contributed by atoms with Crippen molar-refractivity contribution in [3.05, 3.63) is 0 Å². The van der Waals surface area contributed by atoms with Gasteiger partial charge in [-0.15, -0.1) is 10.2 Å². The van der Waals surface area contributed by atoms with Gasteiger partial charge in [-0.3, -0.25) is 5.41 Å². The average molecular weight is 311 g/mol. The molecule has 0 radical (unpaired) electrons. The van der Waals surface area contributed by atoms with Crippen molar-refractivity contribution in [3.8, 4) is 0 Å². The quantitative estimate of drug-likeness (QED) is 0.414. The summed E-state index contributed by atoms with van der Waals surface area (Å²) in [6, 6.07) is 0. The maximum absolute atomic E-state index is 8.45. The Morgan fingerprint density at radius 3 is 2.50 bits per heavy atom. The summed E-state index contributed by atoms with van der Waals surface area (Å²) in [5, 5.41) is 38.9. The van der Waals surface area contributed by atoms with Crippen molar-refractivity contribution >= 4 is 17.4 Å². The van der Waals surface area contributed by atoms with Crippen molar-refractivity contribution in [1.29, 1.82) is 5.41 Å². The SMILES string of the molecule is CC1=NC2=NC(=N)C(C)(/N=N/OO)CC2(/N=N/OO)CC1C. The summed E-state index contributed by atoms with van der Waals surface area (Å²) in [4.78, 5) is 15.9. The van der Waals surface area contributed by atoms with E-state index < -0.39 is 11.1 Å². The lowest BCUT2D eigenvalue weighted by atomic mass is 9.73. The molecule has 3 atom stereocenters. The van der Waals surface area contributed by atoms with Gasteiger partial charge in [0.1, 0.15) is 11.1 Å². The van der Waals surface area contributed by atoms with Crippen LogP contribution in [0, 0.1) is 11.3 Å². The highest BCUT2D eigenvalue weighted by atomic mass is 17.2. The van der Waals surface area contributed by atoms with Crippen LogP contribution < -0.4 is 0 Å². The molecule has 0 aromatic rings. The summed E-state index contributed by atoms with van der Waals surface area (Å²) in [6.45, 7) is 5.45. The van der Waals surface area contributed by atoms with Gasteiger partial charge >= 0.3 is 0 Å². The van der Waals surface area contributed by atoms with E-state index in [-0.39, 0.29) is 18.2 Å². The maximum Gasteiger partial charge on any atom is 0.160 e. The highest BCUT2D eigenvalue weighted by Crippen LogP contribution is 2.41. The molecule has 0 fully saturated rings. The molecule has 3 N–H and O–H groups in total. The van der Waals surface area contributed by atoms with Gasteiger partial charge in [0.05, 0.1) is 10.6 Å². The van der Waals surface area contributed by atoms with Crippen molar-refractivity contribution in [2.75, 3.05) is 0 Å². The minimum atomic E-state index is -1.18. The fraction of sp³-hybridized carbons (Fsp3) is 0.727. The molecule has 0 amide bonds. The van der Waals surface area contributed by atoms with Crippen molar-refractivity contribution < 1.29 is 20.5 Å². The molecule has 2 aliphatic rings. The summed E-state index contributed by atoms with van der Waals surface area (Å²) in [5.41, 5.74) is -1.32. The Labute approximate surface area is 125 Å². The predicted molar refractivity (Wildman–Crippen MR) is 74.9 cm³/mol. The standard InChI is InChI=1S/C11H17N7O4/c1-6-4-11(16-18-22-20)5-10(3,15-17-21-19)8(12)14-9(11)13-7(6)2/h6,12,19-20H,4-5H2,1-3H3/b12-8?,17-15+,18-16+. The van der Waals surface area contributed by atoms with Gasteiger partial charge < -0.3 is 0 Å². The number of rotatable bonds is 4. The molecule has 3 unspecified atom stereocenters. The third-order valence-electron chi connectivity index (χ3n) is 3.99. The highest BCUT2D eigenvalue weighted by Gasteiger charge is 2.53. The van der Waals surface area contributed by atoms with E-state index >= 15 is 0 Å². The second-order valence-electron chi connectivity index (χ2n) is 5.65. The zero-order valence-electron chi connectivity index (χ0n) is 12.4. The van der Waals surface area contributed by atoms with E-state index in [0.717, 1.165) is 5.71 Å². The molecule has 120 valence electrons. The first-order valence-corrected chi connectivity index (χ1v) is 6.56. The summed E-state index contributed by atoms with van der Waals surface area (Å²) in [6.07, 6.45) is 0.672. The molecule has 2 rings (SSSR count). The van der Waals surface area contributed by atoms with Crippen LogP contribution in [0.3, 0.4) is 0 Å². The largest absolute Gasteiger partial charge is 0.284 e. The molecular weight excluding hydrogens is 294 g/mol. The molecular formula is C11H17N7O4. The Morgan fingerprint density at radius 1 is 1.23 bits per heavy atom. The van der Waals surface area contributed by atoms with Crippen molar-refractivity contribution in [2.45, 2.75) is 44.7 Å². The van der Waals surface area contributed by atoms with Crippen molar-refractivity contribution in [3.63, 3.8) is 0 Å². The average Bonchev–Trinajstić information content (AvgIpc) is 2.47. The van der Waals surface area contributed by atoms with Crippen LogP contribution in [0.15, 0.2) is 30.8 Å². The van der Waals surface area contributed by atoms with Crippen LogP contribution in [0.1, 0.15) is 33.6 Å². The molecule has 11 nitrogen and oxygen atoms in total. The van der Waals surface area contributed by atoms with Crippen molar-refractivity contribution in [2.24, 2.45) is 36.7 Å². The Bertz CT molecular complexity index is 587. The molecule has 0 aliphatic carbocycles. The predicted octanol–water partition coefficient (Wildman–Crippen LogP) is 2.48. The number of nitrogens with zero attached hydrogens (tertiary/aromatic N) is 6. The summed E-state index contributed by atoms with van der Waals surface area (Å²) in [7, 11) is 0. The fourth-order valence-electron chi connectivity index (χ4n) is 2.69. The van der Waals surface area contributed by atoms with E-state index in [0.29, 0.717) is 12.3 Å². The third kappa shape index (κ3) is 2.72. The smallest absolute Gasteiger partial charge is 0.160 e. The van der Waals surface area contributed by atoms with Crippen molar-refractivity contribution in [1.82, 2.24) is 0 Å². The Hall–Kier alpha value is -2.27. The summed E-state index contributed by atoms with van der Waals surface area (Å²) in [5.74, 6) is 0.316. The molecule has 2 heterocycles. The van der Waals surface area contributed by atoms with Crippen LogP contribution in [0.2, 0.25) is 0 Å². The number of fused-ring (bicyclic) bond motifs is 1. The lowest BCUT2D eigenvalue weighted by Crippen LogP contribution is -2.53. The molecule has 2 aliphatic heterocycles. The minimum absolute atomic E-state index is 0.0925. The van der Waals surface area contributed by atoms with Crippen LogP contribution in [-0.2, 0) is 9.98 Å². The third-order valence-corrected chi connectivity index (χ3v) is 3.99. The molecule has 0 saturated carbocycles. The molecule has 0 aromatic heterocycles. The molecule has 0 saturated heterocycles. The zero-order valence-corrected chi connectivity index (χ0v) is 12.4. The fourth-order valence-corrected chi connectivity index (χ4v) is 2.69. The second kappa shape index (κ2) is 5.85. The number of aliphatic imine (C=N–C) groups is 2. The molecule has 0 spiro atoms. The number of nitrogens with one attached hydrogen (secondary N) is 1. The Balaban J connectivity index is 2.53. The van der Waals surface area contributed by atoms with E-state index in [2.05, 4.69) is 40.7 Å². The van der Waals surface area contributed by atoms with E-state index in [1.54, 1.807) is 6.92 Å². The van der Waals surface area contributed by atoms with E-state index in [9.17, 15) is 0 Å². The Kier molecular flexibility index (Phi) is 4.28. The van der Waals surface area contributed by atoms with E-state index in [1.807, 2.05) is 13.8 Å². The second-order valence-corrected chi connectivity index (χ2v) is 5.65. The lowest BCUT2D eigenvalue weighted by Gasteiger charge is -2.41. The minimum Gasteiger partial charge on any atom is -0.284 e. The molecule has 0 bridgehead atoms. The first-order chi connectivity index (χ1) is 10.4. The van der Waals surface area contributed by atoms with Gasteiger partial charge in [0.25, 0.3) is 0 Å². The number of hydrogen-bond donors (Lipinski definition) is 3. The van der Waals surface area contributed by atoms with E-state index in [1.165, 1.54) is 0 Å². The monoisotopic (exact) mass is 311 g/mol. The van der Waals surface area contributed by atoms with Gasteiger partial charge in [0.2, 0.25) is 0 Å². The number of hydrogen-bond acceptors (Lipinski definition) is 10. The highest BCUT2D eigenvalue weighted by molar-refractivity contribution is 6.13. The zero-order chi connectivity index (χ0) is 16.4. The maximum atomic E-state index is 8.45. The summed E-state index contributed by atoms with van der Waals surface area (Å²) < 4.78 is 0. The molecule has 0 aromatic carbocycles. The first-order valence-electron chi connectivity index (χ1n) is 6.56. The van der Waals surface area contributed by atoms with E-state index in [4.69, 9.17) is 15.9 Å². The normalized spacial score (nSPS) is 35.3. The lowest BCUT2D eigenvalue weighted by molar-refractivity contribution is -0.253. The summed E-state index contributed by atoms with van der Waals surface area (Å²) >= 11 is 0. The van der Waals surface area contributed by atoms with Gasteiger partial charge in [-0.1, -0.05) is 6.92 Å². The molecule has 11 heteroatoms. The molecule has 22 heavy (non-hydrogen) atoms. The van der Waals surface area contributed by atoms with Crippen LogP contribution in [-0.4, -0.2) is 39.0 Å².